The van der Waals surface area contributed by atoms with Crippen LogP contribution in [0.25, 0.3) is 5.70 Å². The predicted octanol–water partition coefficient (Wildman–Crippen LogP) is 5.60. The smallest absolute Gasteiger partial charge is 0.355 e. The first-order valence-electron chi connectivity index (χ1n) is 9.18. The Kier molecular flexibility index (Phi) is 5.73. The first-order chi connectivity index (χ1) is 12.8. The minimum Gasteiger partial charge on any atom is -0.355 e. The summed E-state index contributed by atoms with van der Waals surface area (Å²) in [4.78, 5) is 14.0. The van der Waals surface area contributed by atoms with Crippen LogP contribution in [0.5, 0.6) is 0 Å². The van der Waals surface area contributed by atoms with Gasteiger partial charge in [-0.25, -0.2) is 0 Å². The highest BCUT2D eigenvalue weighted by molar-refractivity contribution is 5.77. The molecule has 1 aromatic carbocycles. The first kappa shape index (κ1) is 19.3. The quantitative estimate of drug-likeness (QED) is 0.689. The number of aryl methyl sites for hydroxylation is 1. The van der Waals surface area contributed by atoms with E-state index in [4.69, 9.17) is 0 Å². The van der Waals surface area contributed by atoms with E-state index in [9.17, 15) is 18.0 Å². The highest BCUT2D eigenvalue weighted by atomic mass is 19.4. The Morgan fingerprint density at radius 3 is 2.59 bits per heavy atom. The van der Waals surface area contributed by atoms with Crippen LogP contribution in [0, 0.1) is 5.92 Å². The van der Waals surface area contributed by atoms with Crippen LogP contribution in [0.15, 0.2) is 47.9 Å². The van der Waals surface area contributed by atoms with E-state index < -0.39 is 11.7 Å². The molecule has 1 saturated carbocycles. The van der Waals surface area contributed by atoms with Gasteiger partial charge in [-0.05, 0) is 42.5 Å². The Balaban J connectivity index is 1.84. The van der Waals surface area contributed by atoms with Crippen molar-refractivity contribution in [3.8, 4) is 0 Å². The van der Waals surface area contributed by atoms with Crippen molar-refractivity contribution in [2.24, 2.45) is 5.92 Å². The molecule has 1 aliphatic rings. The molecular formula is C21H23F3N2O. The maximum absolute atomic E-state index is 13.2. The summed E-state index contributed by atoms with van der Waals surface area (Å²) >= 11 is 0. The van der Waals surface area contributed by atoms with Crippen LogP contribution in [0.1, 0.15) is 48.8 Å². The van der Waals surface area contributed by atoms with Gasteiger partial charge < -0.3 is 10.3 Å². The second kappa shape index (κ2) is 8.03. The molecule has 0 radical (unpaired) electrons. The Labute approximate surface area is 156 Å². The lowest BCUT2D eigenvalue weighted by Gasteiger charge is -2.18. The standard InChI is InChI=1S/C21H23F3N2O/c1-14(26-18-10-11-25-20(27)13-18)19-9-8-17(21(22,23)24)12-16(19)7-6-15-4-2-3-5-15/h8-13,15H,1-7H2,(H2,25,26,27). The third-order valence-electron chi connectivity index (χ3n) is 5.12. The molecule has 0 spiro atoms. The molecule has 3 rings (SSSR count). The monoisotopic (exact) mass is 376 g/mol. The third-order valence-corrected chi connectivity index (χ3v) is 5.12. The Bertz CT molecular complexity index is 864. The number of alkyl halides is 3. The molecule has 0 unspecified atom stereocenters. The molecule has 0 saturated heterocycles. The number of rotatable bonds is 6. The van der Waals surface area contributed by atoms with Gasteiger partial charge >= 0.3 is 6.18 Å². The second-order valence-electron chi connectivity index (χ2n) is 7.10. The van der Waals surface area contributed by atoms with E-state index in [2.05, 4.69) is 16.9 Å². The van der Waals surface area contributed by atoms with E-state index in [0.29, 0.717) is 34.9 Å². The number of hydrogen-bond donors (Lipinski definition) is 2. The molecule has 0 atom stereocenters. The van der Waals surface area contributed by atoms with E-state index in [1.165, 1.54) is 37.2 Å². The van der Waals surface area contributed by atoms with E-state index in [1.807, 2.05) is 0 Å². The van der Waals surface area contributed by atoms with Crippen LogP contribution in [-0.2, 0) is 12.6 Å². The summed E-state index contributed by atoms with van der Waals surface area (Å²) in [6.07, 6.45) is 3.31. The number of benzene rings is 1. The van der Waals surface area contributed by atoms with E-state index in [1.54, 1.807) is 6.07 Å². The molecule has 1 heterocycles. The molecule has 1 aromatic heterocycles. The summed E-state index contributed by atoms with van der Waals surface area (Å²) in [5, 5.41) is 3.03. The Morgan fingerprint density at radius 2 is 1.93 bits per heavy atom. The van der Waals surface area contributed by atoms with Gasteiger partial charge in [0.2, 0.25) is 5.56 Å². The van der Waals surface area contributed by atoms with Crippen molar-refractivity contribution in [2.45, 2.75) is 44.7 Å². The number of hydrogen-bond acceptors (Lipinski definition) is 2. The van der Waals surface area contributed by atoms with Crippen molar-refractivity contribution in [1.82, 2.24) is 4.98 Å². The second-order valence-corrected chi connectivity index (χ2v) is 7.10. The fraction of sp³-hybridized carbons (Fsp3) is 0.381. The van der Waals surface area contributed by atoms with Crippen LogP contribution in [0.4, 0.5) is 18.9 Å². The summed E-state index contributed by atoms with van der Waals surface area (Å²) in [5.74, 6) is 0.585. The van der Waals surface area contributed by atoms with Crippen molar-refractivity contribution in [3.05, 3.63) is 70.2 Å². The highest BCUT2D eigenvalue weighted by Crippen LogP contribution is 2.34. The molecule has 2 N–H and O–H groups in total. The summed E-state index contributed by atoms with van der Waals surface area (Å²) in [7, 11) is 0. The lowest BCUT2D eigenvalue weighted by Crippen LogP contribution is -2.10. The molecule has 3 nitrogen and oxygen atoms in total. The van der Waals surface area contributed by atoms with Gasteiger partial charge in [-0.15, -0.1) is 0 Å². The zero-order valence-electron chi connectivity index (χ0n) is 15.0. The Hall–Kier alpha value is -2.50. The highest BCUT2D eigenvalue weighted by Gasteiger charge is 2.31. The third kappa shape index (κ3) is 5.02. The summed E-state index contributed by atoms with van der Waals surface area (Å²) in [5.41, 5.74) is 1.42. The van der Waals surface area contributed by atoms with Crippen molar-refractivity contribution < 1.29 is 13.2 Å². The van der Waals surface area contributed by atoms with Gasteiger partial charge in [0.25, 0.3) is 0 Å². The van der Waals surface area contributed by atoms with Crippen molar-refractivity contribution in [3.63, 3.8) is 0 Å². The summed E-state index contributed by atoms with van der Waals surface area (Å²) < 4.78 is 39.5. The van der Waals surface area contributed by atoms with Gasteiger partial charge in [-0.2, -0.15) is 13.2 Å². The minimum atomic E-state index is -4.37. The molecule has 6 heteroatoms. The number of H-pyrrole nitrogens is 1. The van der Waals surface area contributed by atoms with Crippen LogP contribution < -0.4 is 10.9 Å². The van der Waals surface area contributed by atoms with Crippen LogP contribution in [0.3, 0.4) is 0 Å². The summed E-state index contributed by atoms with van der Waals surface area (Å²) in [6.45, 7) is 3.98. The van der Waals surface area contributed by atoms with Crippen LogP contribution in [-0.4, -0.2) is 4.98 Å². The lowest BCUT2D eigenvalue weighted by molar-refractivity contribution is -0.137. The van der Waals surface area contributed by atoms with E-state index in [0.717, 1.165) is 25.3 Å². The summed E-state index contributed by atoms with van der Waals surface area (Å²) in [6, 6.07) is 6.84. The number of pyridine rings is 1. The average Bonchev–Trinajstić information content (AvgIpc) is 3.12. The fourth-order valence-corrected chi connectivity index (χ4v) is 3.69. The van der Waals surface area contributed by atoms with Gasteiger partial charge in [0.1, 0.15) is 0 Å². The zero-order valence-corrected chi connectivity index (χ0v) is 15.0. The molecular weight excluding hydrogens is 353 g/mol. The van der Waals surface area contributed by atoms with Gasteiger partial charge in [0, 0.05) is 29.2 Å². The maximum atomic E-state index is 13.2. The molecule has 27 heavy (non-hydrogen) atoms. The predicted molar refractivity (Wildman–Crippen MR) is 101 cm³/mol. The minimum absolute atomic E-state index is 0.262. The Morgan fingerprint density at radius 1 is 1.19 bits per heavy atom. The van der Waals surface area contributed by atoms with Crippen LogP contribution in [0.2, 0.25) is 0 Å². The molecule has 144 valence electrons. The topological polar surface area (TPSA) is 44.9 Å². The largest absolute Gasteiger partial charge is 0.416 e. The molecule has 0 amide bonds. The number of aromatic nitrogens is 1. The van der Waals surface area contributed by atoms with E-state index >= 15 is 0 Å². The van der Waals surface area contributed by atoms with Gasteiger partial charge in [-0.3, -0.25) is 4.79 Å². The van der Waals surface area contributed by atoms with Gasteiger partial charge in [0.15, 0.2) is 0 Å². The first-order valence-corrected chi connectivity index (χ1v) is 9.18. The fourth-order valence-electron chi connectivity index (χ4n) is 3.69. The number of nitrogens with one attached hydrogen (secondary N) is 2. The lowest BCUT2D eigenvalue weighted by atomic mass is 9.93. The zero-order chi connectivity index (χ0) is 19.4. The molecule has 0 bridgehead atoms. The molecule has 2 aromatic rings. The van der Waals surface area contributed by atoms with Gasteiger partial charge in [0.05, 0.1) is 5.56 Å². The van der Waals surface area contributed by atoms with Crippen molar-refractivity contribution in [2.75, 3.05) is 5.32 Å². The SMILES string of the molecule is C=C(Nc1cc[nH]c(=O)c1)c1ccc(C(F)(F)F)cc1CCC1CCCC1. The molecule has 1 fully saturated rings. The maximum Gasteiger partial charge on any atom is 0.416 e. The normalized spacial score (nSPS) is 15.1. The van der Waals surface area contributed by atoms with Crippen LogP contribution >= 0.6 is 0 Å². The van der Waals surface area contributed by atoms with Gasteiger partial charge in [-0.1, -0.05) is 38.3 Å². The average molecular weight is 376 g/mol. The van der Waals surface area contributed by atoms with Crippen molar-refractivity contribution >= 4 is 11.4 Å². The van der Waals surface area contributed by atoms with E-state index in [-0.39, 0.29) is 5.56 Å². The van der Waals surface area contributed by atoms with Crippen molar-refractivity contribution in [1.29, 1.82) is 0 Å². The molecule has 0 aliphatic heterocycles. The molecule has 1 aliphatic carbocycles. The number of anilines is 1. The number of aromatic amines is 1. The number of halogens is 3.